The minimum absolute atomic E-state index is 0.0282. The van der Waals surface area contributed by atoms with E-state index in [1.54, 1.807) is 4.90 Å². The number of sulfonamides is 1. The van der Waals surface area contributed by atoms with Crippen LogP contribution in [0, 0.1) is 17.8 Å². The van der Waals surface area contributed by atoms with Gasteiger partial charge in [-0.25, -0.2) is 17.9 Å². The maximum absolute atomic E-state index is 12.2. The van der Waals surface area contributed by atoms with Crippen molar-refractivity contribution >= 4 is 16.1 Å². The van der Waals surface area contributed by atoms with E-state index in [2.05, 4.69) is 10.0 Å². The van der Waals surface area contributed by atoms with Crippen molar-refractivity contribution < 1.29 is 13.2 Å². The standard InChI is InChI=1S/C15H27N3O3S/c1-16-22(20,21)13-5-7-18(8-6-13)15(19)17-10-12-9-14(12)11-3-2-4-11/h11-14,16H,2-10H2,1H3,(H,17,19)/t12-,14-/m0/s1. The van der Waals surface area contributed by atoms with Crippen LogP contribution in [0.15, 0.2) is 0 Å². The topological polar surface area (TPSA) is 78.5 Å². The van der Waals surface area contributed by atoms with Gasteiger partial charge in [-0.15, -0.1) is 0 Å². The fraction of sp³-hybridized carbons (Fsp3) is 0.933. The lowest BCUT2D eigenvalue weighted by atomic mass is 9.81. The minimum Gasteiger partial charge on any atom is -0.338 e. The Morgan fingerprint density at radius 2 is 1.86 bits per heavy atom. The van der Waals surface area contributed by atoms with Crippen LogP contribution in [-0.4, -0.2) is 51.3 Å². The molecule has 0 spiro atoms. The molecule has 126 valence electrons. The van der Waals surface area contributed by atoms with E-state index in [1.165, 1.54) is 32.7 Å². The summed E-state index contributed by atoms with van der Waals surface area (Å²) in [6, 6.07) is -0.0282. The van der Waals surface area contributed by atoms with Crippen LogP contribution in [0.2, 0.25) is 0 Å². The number of urea groups is 1. The van der Waals surface area contributed by atoms with E-state index < -0.39 is 10.0 Å². The van der Waals surface area contributed by atoms with Crippen molar-refractivity contribution in [1.29, 1.82) is 0 Å². The molecule has 2 amide bonds. The molecule has 0 bridgehead atoms. The Kier molecular flexibility index (Phi) is 4.64. The molecule has 1 heterocycles. The van der Waals surface area contributed by atoms with Crippen LogP contribution in [0.1, 0.15) is 38.5 Å². The second-order valence-electron chi connectivity index (χ2n) is 6.97. The van der Waals surface area contributed by atoms with Gasteiger partial charge < -0.3 is 10.2 Å². The maximum Gasteiger partial charge on any atom is 0.317 e. The Bertz CT molecular complexity index is 510. The van der Waals surface area contributed by atoms with E-state index in [0.29, 0.717) is 31.8 Å². The number of carbonyl (C=O) groups excluding carboxylic acids is 1. The summed E-state index contributed by atoms with van der Waals surface area (Å²) >= 11 is 0. The van der Waals surface area contributed by atoms with E-state index in [9.17, 15) is 13.2 Å². The molecular weight excluding hydrogens is 302 g/mol. The molecular formula is C15H27N3O3S. The first-order valence-electron chi connectivity index (χ1n) is 8.46. The van der Waals surface area contributed by atoms with Gasteiger partial charge in [-0.1, -0.05) is 19.3 Å². The van der Waals surface area contributed by atoms with E-state index in [1.807, 2.05) is 0 Å². The molecule has 2 aliphatic carbocycles. The van der Waals surface area contributed by atoms with Gasteiger partial charge in [0.25, 0.3) is 0 Å². The minimum atomic E-state index is -3.21. The second kappa shape index (κ2) is 6.35. The summed E-state index contributed by atoms with van der Waals surface area (Å²) < 4.78 is 25.9. The highest BCUT2D eigenvalue weighted by Gasteiger charge is 2.44. The number of hydrogen-bond donors (Lipinski definition) is 2. The van der Waals surface area contributed by atoms with Gasteiger partial charge in [0.05, 0.1) is 5.25 Å². The number of piperidine rings is 1. The summed E-state index contributed by atoms with van der Waals surface area (Å²) in [7, 11) is -1.76. The summed E-state index contributed by atoms with van der Waals surface area (Å²) in [6.45, 7) is 1.83. The summed E-state index contributed by atoms with van der Waals surface area (Å²) in [5.41, 5.74) is 0. The van der Waals surface area contributed by atoms with Crippen molar-refractivity contribution in [3.8, 4) is 0 Å². The van der Waals surface area contributed by atoms with Crippen molar-refractivity contribution in [2.45, 2.75) is 43.8 Å². The molecule has 1 aliphatic heterocycles. The molecule has 2 atom stereocenters. The summed E-state index contributed by atoms with van der Waals surface area (Å²) in [5, 5.41) is 2.67. The lowest BCUT2D eigenvalue weighted by Crippen LogP contribution is -2.48. The van der Waals surface area contributed by atoms with Gasteiger partial charge in [0.1, 0.15) is 0 Å². The highest BCUT2D eigenvalue weighted by Crippen LogP contribution is 2.51. The van der Waals surface area contributed by atoms with Gasteiger partial charge >= 0.3 is 6.03 Å². The van der Waals surface area contributed by atoms with Gasteiger partial charge in [0, 0.05) is 19.6 Å². The maximum atomic E-state index is 12.2. The zero-order valence-corrected chi connectivity index (χ0v) is 14.1. The molecule has 7 heteroatoms. The molecule has 0 unspecified atom stereocenters. The molecule has 6 nitrogen and oxygen atoms in total. The molecule has 0 aromatic carbocycles. The molecule has 3 aliphatic rings. The number of hydrogen-bond acceptors (Lipinski definition) is 3. The van der Waals surface area contributed by atoms with Crippen LogP contribution in [0.4, 0.5) is 4.79 Å². The first-order chi connectivity index (χ1) is 10.5. The zero-order chi connectivity index (χ0) is 15.7. The Balaban J connectivity index is 1.37. The van der Waals surface area contributed by atoms with Crippen LogP contribution < -0.4 is 10.0 Å². The van der Waals surface area contributed by atoms with Crippen LogP contribution in [-0.2, 0) is 10.0 Å². The molecule has 2 saturated carbocycles. The van der Waals surface area contributed by atoms with Gasteiger partial charge in [-0.05, 0) is 44.1 Å². The fourth-order valence-electron chi connectivity index (χ4n) is 3.82. The molecule has 22 heavy (non-hydrogen) atoms. The predicted octanol–water partition coefficient (Wildman–Crippen LogP) is 1.15. The zero-order valence-electron chi connectivity index (χ0n) is 13.3. The van der Waals surface area contributed by atoms with Crippen molar-refractivity contribution in [2.24, 2.45) is 17.8 Å². The lowest BCUT2D eigenvalue weighted by molar-refractivity contribution is 0.185. The van der Waals surface area contributed by atoms with Gasteiger partial charge in [0.2, 0.25) is 10.0 Å². The van der Waals surface area contributed by atoms with E-state index >= 15 is 0 Å². The van der Waals surface area contributed by atoms with Crippen molar-refractivity contribution in [3.05, 3.63) is 0 Å². The van der Waals surface area contributed by atoms with Crippen LogP contribution >= 0.6 is 0 Å². The van der Waals surface area contributed by atoms with Crippen LogP contribution in [0.5, 0.6) is 0 Å². The number of amides is 2. The Morgan fingerprint density at radius 1 is 1.18 bits per heavy atom. The second-order valence-corrected chi connectivity index (χ2v) is 9.14. The van der Waals surface area contributed by atoms with E-state index in [-0.39, 0.29) is 11.3 Å². The largest absolute Gasteiger partial charge is 0.338 e. The summed E-state index contributed by atoms with van der Waals surface area (Å²) in [4.78, 5) is 13.9. The van der Waals surface area contributed by atoms with Gasteiger partial charge in [-0.3, -0.25) is 0 Å². The molecule has 0 aromatic rings. The first-order valence-corrected chi connectivity index (χ1v) is 10.0. The first kappa shape index (κ1) is 16.1. The Hall–Kier alpha value is -0.820. The Labute approximate surface area is 133 Å². The molecule has 1 saturated heterocycles. The number of carbonyl (C=O) groups is 1. The predicted molar refractivity (Wildman–Crippen MR) is 84.9 cm³/mol. The van der Waals surface area contributed by atoms with Crippen LogP contribution in [0.3, 0.4) is 0 Å². The van der Waals surface area contributed by atoms with Crippen molar-refractivity contribution in [1.82, 2.24) is 14.9 Å². The molecule has 2 N–H and O–H groups in total. The third-order valence-corrected chi connectivity index (χ3v) is 7.62. The number of nitrogens with zero attached hydrogens (tertiary/aromatic N) is 1. The number of rotatable bonds is 5. The average Bonchev–Trinajstić information content (AvgIpc) is 3.22. The summed E-state index contributed by atoms with van der Waals surface area (Å²) in [6.07, 6.45) is 6.44. The van der Waals surface area contributed by atoms with Gasteiger partial charge in [-0.2, -0.15) is 0 Å². The SMILES string of the molecule is CNS(=O)(=O)C1CCN(C(=O)NC[C@@H]2C[C@H]2C2CCC2)CC1. The third kappa shape index (κ3) is 3.40. The molecule has 0 aromatic heterocycles. The highest BCUT2D eigenvalue weighted by atomic mass is 32.2. The highest BCUT2D eigenvalue weighted by molar-refractivity contribution is 7.90. The molecule has 0 radical (unpaired) electrons. The summed E-state index contributed by atoms with van der Waals surface area (Å²) in [5.74, 6) is 2.45. The smallest absolute Gasteiger partial charge is 0.317 e. The van der Waals surface area contributed by atoms with Crippen molar-refractivity contribution in [3.63, 3.8) is 0 Å². The van der Waals surface area contributed by atoms with Crippen molar-refractivity contribution in [2.75, 3.05) is 26.7 Å². The van der Waals surface area contributed by atoms with Gasteiger partial charge in [0.15, 0.2) is 0 Å². The number of nitrogens with one attached hydrogen (secondary N) is 2. The van der Waals surface area contributed by atoms with E-state index in [4.69, 9.17) is 0 Å². The fourth-order valence-corrected chi connectivity index (χ4v) is 4.98. The molecule has 3 fully saturated rings. The van der Waals surface area contributed by atoms with E-state index in [0.717, 1.165) is 18.4 Å². The number of likely N-dealkylation sites (tertiary alicyclic amines) is 1. The monoisotopic (exact) mass is 329 g/mol. The van der Waals surface area contributed by atoms with Crippen LogP contribution in [0.25, 0.3) is 0 Å². The Morgan fingerprint density at radius 3 is 2.41 bits per heavy atom. The normalized spacial score (nSPS) is 30.0. The third-order valence-electron chi connectivity index (χ3n) is 5.70. The quantitative estimate of drug-likeness (QED) is 0.794. The lowest BCUT2D eigenvalue weighted by Gasteiger charge is -2.31. The average molecular weight is 329 g/mol. The molecule has 3 rings (SSSR count).